The van der Waals surface area contributed by atoms with Crippen molar-refractivity contribution >= 4 is 17.7 Å². The van der Waals surface area contributed by atoms with Gasteiger partial charge in [-0.05, 0) is 0 Å². The second kappa shape index (κ2) is 3.75. The largest absolute Gasteiger partial charge is 0.432 e. The molecule has 0 spiro atoms. The highest BCUT2D eigenvalue weighted by Crippen LogP contribution is 2.13. The van der Waals surface area contributed by atoms with Gasteiger partial charge in [0.15, 0.2) is 12.3 Å². The number of ether oxygens (including phenoxy) is 2. The van der Waals surface area contributed by atoms with Crippen LogP contribution in [0.5, 0.6) is 0 Å². The maximum Gasteiger partial charge on any atom is 0.427 e. The number of carbonyl (C=O) groups is 1. The second-order valence-electron chi connectivity index (χ2n) is 2.04. The molecule has 11 heavy (non-hydrogen) atoms. The van der Waals surface area contributed by atoms with Crippen molar-refractivity contribution in [2.75, 3.05) is 12.7 Å². The molecule has 6 heteroatoms. The molecule has 0 saturated carbocycles. The summed E-state index contributed by atoms with van der Waals surface area (Å²) in [6.07, 6.45) is -0.260. The number of amides is 1. The normalized spacial score (nSPS) is 22.2. The van der Waals surface area contributed by atoms with Crippen LogP contribution in [0.1, 0.15) is 6.42 Å². The molecule has 0 radical (unpaired) electrons. The van der Waals surface area contributed by atoms with Crippen molar-refractivity contribution in [3.8, 4) is 0 Å². The fraction of sp³-hybridized carbons (Fsp3) is 0.800. The van der Waals surface area contributed by atoms with E-state index in [4.69, 9.17) is 22.2 Å². The summed E-state index contributed by atoms with van der Waals surface area (Å²) in [6, 6.07) is -0.195. The lowest BCUT2D eigenvalue weighted by Gasteiger charge is -2.32. The van der Waals surface area contributed by atoms with Crippen LogP contribution in [0.25, 0.3) is 0 Å². The Morgan fingerprint density at radius 3 is 2.91 bits per heavy atom. The van der Waals surface area contributed by atoms with Crippen LogP contribution in [-0.2, 0) is 9.47 Å². The van der Waals surface area contributed by atoms with E-state index in [1.165, 1.54) is 0 Å². The molecule has 1 rings (SSSR count). The minimum atomic E-state index is -0.662. The number of nitrogens with two attached hydrogens (primary N) is 1. The van der Waals surface area contributed by atoms with E-state index < -0.39 is 6.09 Å². The minimum Gasteiger partial charge on any atom is -0.432 e. The third kappa shape index (κ3) is 1.95. The average molecular weight is 181 g/mol. The molecule has 2 N–H and O–H groups in total. The van der Waals surface area contributed by atoms with Gasteiger partial charge in [0, 0.05) is 6.42 Å². The first-order valence-electron chi connectivity index (χ1n) is 3.14. The van der Waals surface area contributed by atoms with Crippen LogP contribution >= 0.6 is 11.6 Å². The molecule has 0 aromatic rings. The van der Waals surface area contributed by atoms with E-state index in [0.29, 0.717) is 6.61 Å². The molecule has 0 aliphatic carbocycles. The lowest BCUT2D eigenvalue weighted by Crippen LogP contribution is -2.52. The lowest BCUT2D eigenvalue weighted by atomic mass is 10.3. The topological polar surface area (TPSA) is 64.8 Å². The van der Waals surface area contributed by atoms with Crippen LogP contribution in [0.3, 0.4) is 0 Å². The molecular weight excluding hydrogens is 172 g/mol. The number of hydrazine groups is 1. The second-order valence-corrected chi connectivity index (χ2v) is 2.26. The summed E-state index contributed by atoms with van der Waals surface area (Å²) in [7, 11) is 0. The Balaban J connectivity index is 2.27. The molecule has 1 saturated heterocycles. The maximum absolute atomic E-state index is 10.8. The highest BCUT2D eigenvalue weighted by atomic mass is 35.5. The van der Waals surface area contributed by atoms with Crippen molar-refractivity contribution in [2.24, 2.45) is 5.84 Å². The summed E-state index contributed by atoms with van der Waals surface area (Å²) < 4.78 is 9.32. The molecule has 0 aromatic carbocycles. The van der Waals surface area contributed by atoms with Crippen LogP contribution in [-0.4, -0.2) is 30.0 Å². The highest BCUT2D eigenvalue weighted by molar-refractivity contribution is 6.17. The molecule has 0 bridgehead atoms. The average Bonchev–Trinajstić information content (AvgIpc) is 1.84. The third-order valence-electron chi connectivity index (χ3n) is 1.37. The zero-order valence-corrected chi connectivity index (χ0v) is 6.58. The molecule has 1 amide bonds. The van der Waals surface area contributed by atoms with Crippen molar-refractivity contribution in [1.82, 2.24) is 5.01 Å². The van der Waals surface area contributed by atoms with Gasteiger partial charge in [0.2, 0.25) is 0 Å². The zero-order chi connectivity index (χ0) is 8.27. The van der Waals surface area contributed by atoms with E-state index in [9.17, 15) is 4.79 Å². The van der Waals surface area contributed by atoms with Crippen molar-refractivity contribution in [2.45, 2.75) is 12.6 Å². The molecule has 64 valence electrons. The molecule has 1 aliphatic heterocycles. The fourth-order valence-corrected chi connectivity index (χ4v) is 0.775. The molecule has 1 aliphatic rings. The number of halogens is 1. The van der Waals surface area contributed by atoms with Crippen molar-refractivity contribution in [3.63, 3.8) is 0 Å². The van der Waals surface area contributed by atoms with Crippen LogP contribution in [0.15, 0.2) is 0 Å². The number of hydrogen-bond acceptors (Lipinski definition) is 4. The Morgan fingerprint density at radius 2 is 2.55 bits per heavy atom. The molecule has 1 heterocycles. The van der Waals surface area contributed by atoms with E-state index in [2.05, 4.69) is 4.74 Å². The Hall–Kier alpha value is -0.520. The number of alkyl halides is 1. The van der Waals surface area contributed by atoms with Crippen molar-refractivity contribution in [3.05, 3.63) is 0 Å². The SMILES string of the molecule is NN(C(=O)OCCl)C1CCO1. The summed E-state index contributed by atoms with van der Waals surface area (Å²) >= 11 is 5.14. The summed E-state index contributed by atoms with van der Waals surface area (Å²) in [4.78, 5) is 10.8. The number of carbonyl (C=O) groups excluding carboxylic acids is 1. The number of rotatable bonds is 2. The van der Waals surface area contributed by atoms with E-state index in [1.54, 1.807) is 0 Å². The minimum absolute atomic E-state index is 0.195. The van der Waals surface area contributed by atoms with Gasteiger partial charge in [-0.2, -0.15) is 0 Å². The van der Waals surface area contributed by atoms with E-state index in [1.807, 2.05) is 0 Å². The van der Waals surface area contributed by atoms with E-state index in [0.717, 1.165) is 11.4 Å². The summed E-state index contributed by atoms with van der Waals surface area (Å²) in [5.74, 6) is 5.28. The first kappa shape index (κ1) is 8.58. The number of nitrogens with zero attached hydrogens (tertiary/aromatic N) is 1. The molecular formula is C5H9ClN2O3. The van der Waals surface area contributed by atoms with Crippen molar-refractivity contribution < 1.29 is 14.3 Å². The highest BCUT2D eigenvalue weighted by Gasteiger charge is 2.28. The summed E-state index contributed by atoms with van der Waals surface area (Å²) in [6.45, 7) is 0.631. The molecule has 5 nitrogen and oxygen atoms in total. The smallest absolute Gasteiger partial charge is 0.427 e. The first-order chi connectivity index (χ1) is 5.25. The Kier molecular flexibility index (Phi) is 2.92. The van der Waals surface area contributed by atoms with Gasteiger partial charge in [-0.15, -0.1) is 0 Å². The fourth-order valence-electron chi connectivity index (χ4n) is 0.681. The first-order valence-corrected chi connectivity index (χ1v) is 3.67. The predicted molar refractivity (Wildman–Crippen MR) is 37.6 cm³/mol. The third-order valence-corrected chi connectivity index (χ3v) is 1.48. The molecule has 1 fully saturated rings. The van der Waals surface area contributed by atoms with Gasteiger partial charge in [-0.25, -0.2) is 15.6 Å². The van der Waals surface area contributed by atoms with Crippen LogP contribution in [0, 0.1) is 0 Å². The maximum atomic E-state index is 10.8. The molecule has 1 unspecified atom stereocenters. The Bertz CT molecular complexity index is 151. The quantitative estimate of drug-likeness (QED) is 0.286. The van der Waals surface area contributed by atoms with Gasteiger partial charge < -0.3 is 9.47 Å². The zero-order valence-electron chi connectivity index (χ0n) is 5.83. The van der Waals surface area contributed by atoms with Crippen LogP contribution < -0.4 is 5.84 Å². The molecule has 0 aromatic heterocycles. The van der Waals surface area contributed by atoms with Crippen molar-refractivity contribution in [1.29, 1.82) is 0 Å². The van der Waals surface area contributed by atoms with Crippen LogP contribution in [0.4, 0.5) is 4.79 Å². The standard InChI is InChI=1S/C5H9ClN2O3/c6-3-11-5(9)8(7)4-1-2-10-4/h4H,1-3,7H2. The van der Waals surface area contributed by atoms with Gasteiger partial charge in [-0.3, -0.25) is 0 Å². The Morgan fingerprint density at radius 1 is 1.91 bits per heavy atom. The monoisotopic (exact) mass is 180 g/mol. The van der Waals surface area contributed by atoms with Gasteiger partial charge >= 0.3 is 6.09 Å². The van der Waals surface area contributed by atoms with E-state index >= 15 is 0 Å². The van der Waals surface area contributed by atoms with Gasteiger partial charge in [0.05, 0.1) is 6.61 Å². The Labute approximate surface area is 69.0 Å². The van der Waals surface area contributed by atoms with E-state index in [-0.39, 0.29) is 12.3 Å². The molecule has 1 atom stereocenters. The van der Waals surface area contributed by atoms with Gasteiger partial charge in [0.25, 0.3) is 0 Å². The van der Waals surface area contributed by atoms with Gasteiger partial charge in [-0.1, -0.05) is 11.6 Å². The summed E-state index contributed by atoms with van der Waals surface area (Å²) in [5, 5.41) is 0.895. The van der Waals surface area contributed by atoms with Crippen LogP contribution in [0.2, 0.25) is 0 Å². The summed E-state index contributed by atoms with van der Waals surface area (Å²) in [5.41, 5.74) is 0. The van der Waals surface area contributed by atoms with Gasteiger partial charge in [0.1, 0.15) is 0 Å². The number of hydrogen-bond donors (Lipinski definition) is 1. The predicted octanol–water partition coefficient (Wildman–Crippen LogP) is 0.241. The lowest BCUT2D eigenvalue weighted by molar-refractivity contribution is -0.134.